The molecule has 1 fully saturated rings. The largest absolute Gasteiger partial charge is 0.495 e. The molecule has 1 heterocycles. The average molecular weight is 506 g/mol. The van der Waals surface area contributed by atoms with Crippen LogP contribution >= 0.6 is 24.0 Å². The van der Waals surface area contributed by atoms with Crippen molar-refractivity contribution in [1.82, 2.24) is 10.6 Å². The Bertz CT molecular complexity index is 574. The summed E-state index contributed by atoms with van der Waals surface area (Å²) in [5, 5.41) is 6.89. The molecule has 0 amide bonds. The van der Waals surface area contributed by atoms with Gasteiger partial charge in [0.15, 0.2) is 5.96 Å². The highest BCUT2D eigenvalue weighted by Gasteiger charge is 2.25. The van der Waals surface area contributed by atoms with Gasteiger partial charge in [0.05, 0.1) is 26.0 Å². The van der Waals surface area contributed by atoms with Crippen molar-refractivity contribution in [3.8, 4) is 5.75 Å². The maximum atomic E-state index is 5.50. The number of hydrogen-bond donors (Lipinski definition) is 2. The van der Waals surface area contributed by atoms with Gasteiger partial charge in [-0.3, -0.25) is 4.99 Å². The lowest BCUT2D eigenvalue weighted by atomic mass is 10.2. The first-order valence-corrected chi connectivity index (χ1v) is 9.78. The maximum absolute atomic E-state index is 5.50. The van der Waals surface area contributed by atoms with E-state index in [-0.39, 0.29) is 24.0 Å². The number of nitrogens with one attached hydrogen (secondary N) is 2. The van der Waals surface area contributed by atoms with Crippen molar-refractivity contribution in [3.05, 3.63) is 24.3 Å². The first kappa shape index (κ1) is 24.8. The van der Waals surface area contributed by atoms with Gasteiger partial charge in [0, 0.05) is 45.9 Å². The minimum Gasteiger partial charge on any atom is -0.495 e. The monoisotopic (exact) mass is 506 g/mol. The van der Waals surface area contributed by atoms with Crippen LogP contribution in [0.1, 0.15) is 19.8 Å². The highest BCUT2D eigenvalue weighted by Crippen LogP contribution is 2.30. The molecule has 1 atom stereocenters. The molecule has 0 saturated carbocycles. The smallest absolute Gasteiger partial charge is 0.191 e. The minimum atomic E-state index is 0. The molecule has 0 aromatic heterocycles. The van der Waals surface area contributed by atoms with E-state index in [1.54, 1.807) is 14.2 Å². The van der Waals surface area contributed by atoms with E-state index in [0.29, 0.717) is 25.9 Å². The maximum Gasteiger partial charge on any atom is 0.191 e. The van der Waals surface area contributed by atoms with Gasteiger partial charge in [0.2, 0.25) is 0 Å². The molecule has 1 saturated heterocycles. The molecule has 28 heavy (non-hydrogen) atoms. The molecule has 7 nitrogen and oxygen atoms in total. The number of rotatable bonds is 11. The molecule has 8 heteroatoms. The number of anilines is 1. The molecule has 1 unspecified atom stereocenters. The van der Waals surface area contributed by atoms with Crippen LogP contribution < -0.4 is 20.3 Å². The summed E-state index contributed by atoms with van der Waals surface area (Å²) >= 11 is 0. The van der Waals surface area contributed by atoms with E-state index in [1.807, 2.05) is 12.1 Å². The second-order valence-corrected chi connectivity index (χ2v) is 6.47. The Hall–Kier alpha value is -1.26. The van der Waals surface area contributed by atoms with Crippen LogP contribution in [0, 0.1) is 0 Å². The SMILES string of the molecule is CCNC(=NCCCOCCOC)NC1CCN(c2ccccc2OC)C1.I. The van der Waals surface area contributed by atoms with E-state index in [9.17, 15) is 0 Å². The van der Waals surface area contributed by atoms with Gasteiger partial charge in [-0.15, -0.1) is 24.0 Å². The van der Waals surface area contributed by atoms with Crippen molar-refractivity contribution < 1.29 is 14.2 Å². The number of hydrogen-bond acceptors (Lipinski definition) is 5. The summed E-state index contributed by atoms with van der Waals surface area (Å²) in [6.07, 6.45) is 1.97. The van der Waals surface area contributed by atoms with Gasteiger partial charge >= 0.3 is 0 Å². The molecule has 1 aromatic rings. The predicted molar refractivity (Wildman–Crippen MR) is 125 cm³/mol. The molecule has 0 aliphatic carbocycles. The number of halogens is 1. The Balaban J connectivity index is 0.00000392. The first-order chi connectivity index (χ1) is 13.3. The van der Waals surface area contributed by atoms with Crippen molar-refractivity contribution >= 4 is 35.6 Å². The summed E-state index contributed by atoms with van der Waals surface area (Å²) in [4.78, 5) is 7.03. The number of guanidine groups is 1. The normalized spacial score (nSPS) is 16.6. The quantitative estimate of drug-likeness (QED) is 0.208. The number of nitrogens with zero attached hydrogens (tertiary/aromatic N) is 2. The van der Waals surface area contributed by atoms with Gasteiger partial charge in [-0.25, -0.2) is 0 Å². The van der Waals surface area contributed by atoms with Crippen LogP contribution in [-0.4, -0.2) is 72.2 Å². The highest BCUT2D eigenvalue weighted by atomic mass is 127. The van der Waals surface area contributed by atoms with E-state index < -0.39 is 0 Å². The Kier molecular flexibility index (Phi) is 13.0. The summed E-state index contributed by atoms with van der Waals surface area (Å²) in [6.45, 7) is 7.59. The van der Waals surface area contributed by atoms with Crippen LogP contribution in [0.5, 0.6) is 5.75 Å². The third-order valence-corrected chi connectivity index (χ3v) is 4.45. The van der Waals surface area contributed by atoms with Gasteiger partial charge in [0.1, 0.15) is 5.75 Å². The van der Waals surface area contributed by atoms with Gasteiger partial charge in [0.25, 0.3) is 0 Å². The number of ether oxygens (including phenoxy) is 3. The van der Waals surface area contributed by atoms with E-state index in [1.165, 1.54) is 0 Å². The van der Waals surface area contributed by atoms with Crippen molar-refractivity contribution in [2.24, 2.45) is 4.99 Å². The average Bonchev–Trinajstić information content (AvgIpc) is 3.15. The van der Waals surface area contributed by atoms with Crippen LogP contribution in [0.4, 0.5) is 5.69 Å². The van der Waals surface area contributed by atoms with Crippen molar-refractivity contribution in [3.63, 3.8) is 0 Å². The van der Waals surface area contributed by atoms with Crippen LogP contribution in [0.15, 0.2) is 29.3 Å². The van der Waals surface area contributed by atoms with E-state index >= 15 is 0 Å². The zero-order chi connectivity index (χ0) is 19.3. The molecule has 1 aromatic carbocycles. The number of para-hydroxylation sites is 2. The summed E-state index contributed by atoms with van der Waals surface area (Å²) in [5.41, 5.74) is 1.15. The summed E-state index contributed by atoms with van der Waals surface area (Å²) in [5.74, 6) is 1.80. The Morgan fingerprint density at radius 1 is 1.21 bits per heavy atom. The molecule has 1 aliphatic heterocycles. The molecule has 0 spiro atoms. The molecule has 160 valence electrons. The van der Waals surface area contributed by atoms with E-state index in [2.05, 4.69) is 39.6 Å². The third kappa shape index (κ3) is 8.40. The van der Waals surface area contributed by atoms with Crippen molar-refractivity contribution in [1.29, 1.82) is 0 Å². The Morgan fingerprint density at radius 2 is 2.04 bits per heavy atom. The minimum absolute atomic E-state index is 0. The van der Waals surface area contributed by atoms with Crippen molar-refractivity contribution in [2.45, 2.75) is 25.8 Å². The van der Waals surface area contributed by atoms with Gasteiger partial charge < -0.3 is 29.7 Å². The Labute approximate surface area is 186 Å². The van der Waals surface area contributed by atoms with E-state index in [4.69, 9.17) is 14.2 Å². The van der Waals surface area contributed by atoms with Gasteiger partial charge in [-0.2, -0.15) is 0 Å². The van der Waals surface area contributed by atoms with Crippen LogP contribution in [0.3, 0.4) is 0 Å². The zero-order valence-corrected chi connectivity index (χ0v) is 19.6. The summed E-state index contributed by atoms with van der Waals surface area (Å²) in [7, 11) is 3.40. The molecular weight excluding hydrogens is 471 g/mol. The third-order valence-electron chi connectivity index (χ3n) is 4.45. The molecule has 2 N–H and O–H groups in total. The van der Waals surface area contributed by atoms with Gasteiger partial charge in [-0.1, -0.05) is 12.1 Å². The molecule has 1 aliphatic rings. The lowest BCUT2D eigenvalue weighted by molar-refractivity contribution is 0.0702. The van der Waals surface area contributed by atoms with Crippen LogP contribution in [0.2, 0.25) is 0 Å². The topological polar surface area (TPSA) is 67.4 Å². The van der Waals surface area contributed by atoms with Gasteiger partial charge in [-0.05, 0) is 31.9 Å². The fraction of sp³-hybridized carbons (Fsp3) is 0.650. The Morgan fingerprint density at radius 3 is 2.79 bits per heavy atom. The second kappa shape index (κ2) is 14.7. The fourth-order valence-electron chi connectivity index (χ4n) is 3.10. The van der Waals surface area contributed by atoms with E-state index in [0.717, 1.165) is 56.4 Å². The molecule has 2 rings (SSSR count). The van der Waals surface area contributed by atoms with Crippen LogP contribution in [0.25, 0.3) is 0 Å². The molecule has 0 radical (unpaired) electrons. The standard InChI is InChI=1S/C20H34N4O3.HI/c1-4-21-20(22-11-7-13-27-15-14-25-2)23-17-10-12-24(16-17)18-8-5-6-9-19(18)26-3;/h5-6,8-9,17H,4,7,10-16H2,1-3H3,(H2,21,22,23);1H. The first-order valence-electron chi connectivity index (χ1n) is 9.78. The number of methoxy groups -OCH3 is 2. The fourth-order valence-corrected chi connectivity index (χ4v) is 3.10. The molecular formula is C20H35IN4O3. The van der Waals surface area contributed by atoms with Crippen molar-refractivity contribution in [2.75, 3.05) is 65.1 Å². The highest BCUT2D eigenvalue weighted by molar-refractivity contribution is 14.0. The second-order valence-electron chi connectivity index (χ2n) is 6.47. The number of aliphatic imine (C=N–C) groups is 1. The summed E-state index contributed by atoms with van der Waals surface area (Å²) in [6, 6.07) is 8.55. The molecule has 0 bridgehead atoms. The number of benzene rings is 1. The lowest BCUT2D eigenvalue weighted by Crippen LogP contribution is -2.44. The zero-order valence-electron chi connectivity index (χ0n) is 17.3. The van der Waals surface area contributed by atoms with Crippen LogP contribution in [-0.2, 0) is 9.47 Å². The summed E-state index contributed by atoms with van der Waals surface area (Å²) < 4.78 is 15.9. The predicted octanol–water partition coefficient (Wildman–Crippen LogP) is 2.50. The lowest BCUT2D eigenvalue weighted by Gasteiger charge is -2.22.